The second-order valence-corrected chi connectivity index (χ2v) is 3.80. The molecule has 82 valence electrons. The van der Waals surface area contributed by atoms with E-state index in [1.807, 2.05) is 10.8 Å². The molecule has 0 spiro atoms. The Morgan fingerprint density at radius 1 is 1.60 bits per heavy atom. The van der Waals surface area contributed by atoms with Gasteiger partial charge >= 0.3 is 5.97 Å². The van der Waals surface area contributed by atoms with Crippen LogP contribution in [-0.2, 0) is 11.2 Å². The molecule has 0 amide bonds. The Morgan fingerprint density at radius 3 is 3.00 bits per heavy atom. The van der Waals surface area contributed by atoms with Crippen LogP contribution in [0.4, 0.5) is 0 Å². The van der Waals surface area contributed by atoms with Gasteiger partial charge in [0.15, 0.2) is 0 Å². The van der Waals surface area contributed by atoms with Gasteiger partial charge in [0.2, 0.25) is 0 Å². The lowest BCUT2D eigenvalue weighted by molar-refractivity contribution is -0.136. The molecule has 5 nitrogen and oxygen atoms in total. The lowest BCUT2D eigenvalue weighted by atomic mass is 10.1. The standard InChI is InChI=1S/C10H15N3O2/c14-10(15)7-9-12-5-6-13(9)8-1-3-11-4-2-8/h5-6,8,11H,1-4,7H2,(H,14,15). The molecule has 1 fully saturated rings. The van der Waals surface area contributed by atoms with E-state index in [9.17, 15) is 4.79 Å². The predicted octanol–water partition coefficient (Wildman–Crippen LogP) is 0.435. The molecule has 0 bridgehead atoms. The van der Waals surface area contributed by atoms with Crippen molar-refractivity contribution >= 4 is 5.97 Å². The Kier molecular flexibility index (Phi) is 3.01. The van der Waals surface area contributed by atoms with Crippen molar-refractivity contribution in [1.29, 1.82) is 0 Å². The van der Waals surface area contributed by atoms with E-state index in [2.05, 4.69) is 10.3 Å². The SMILES string of the molecule is O=C(O)Cc1nccn1C1CCNCC1. The van der Waals surface area contributed by atoms with E-state index in [0.29, 0.717) is 11.9 Å². The predicted molar refractivity (Wildman–Crippen MR) is 54.7 cm³/mol. The van der Waals surface area contributed by atoms with Crippen LogP contribution in [0.2, 0.25) is 0 Å². The number of nitrogens with one attached hydrogen (secondary N) is 1. The lowest BCUT2D eigenvalue weighted by Gasteiger charge is -2.25. The largest absolute Gasteiger partial charge is 0.481 e. The highest BCUT2D eigenvalue weighted by Gasteiger charge is 2.18. The summed E-state index contributed by atoms with van der Waals surface area (Å²) in [5.41, 5.74) is 0. The number of rotatable bonds is 3. The van der Waals surface area contributed by atoms with Crippen molar-refractivity contribution in [3.8, 4) is 0 Å². The smallest absolute Gasteiger partial charge is 0.311 e. The molecule has 0 unspecified atom stereocenters. The fourth-order valence-corrected chi connectivity index (χ4v) is 2.03. The molecule has 2 rings (SSSR count). The van der Waals surface area contributed by atoms with Gasteiger partial charge in [0.05, 0.1) is 0 Å². The van der Waals surface area contributed by atoms with E-state index in [1.165, 1.54) is 0 Å². The number of aromatic nitrogens is 2. The third-order valence-electron chi connectivity index (χ3n) is 2.76. The van der Waals surface area contributed by atoms with Crippen LogP contribution in [0.15, 0.2) is 12.4 Å². The normalized spacial score (nSPS) is 17.9. The number of hydrogen-bond donors (Lipinski definition) is 2. The van der Waals surface area contributed by atoms with Crippen molar-refractivity contribution in [1.82, 2.24) is 14.9 Å². The Balaban J connectivity index is 2.12. The zero-order valence-corrected chi connectivity index (χ0v) is 8.52. The molecule has 1 aliphatic heterocycles. The van der Waals surface area contributed by atoms with Gasteiger partial charge in [-0.3, -0.25) is 4.79 Å². The number of carboxylic acid groups (broad SMARTS) is 1. The number of aliphatic carboxylic acids is 1. The van der Waals surface area contributed by atoms with Crippen molar-refractivity contribution in [2.75, 3.05) is 13.1 Å². The summed E-state index contributed by atoms with van der Waals surface area (Å²) >= 11 is 0. The maximum Gasteiger partial charge on any atom is 0.311 e. The molecule has 2 heterocycles. The van der Waals surface area contributed by atoms with Crippen LogP contribution in [0.1, 0.15) is 24.7 Å². The van der Waals surface area contributed by atoms with Crippen LogP contribution in [0.5, 0.6) is 0 Å². The highest BCUT2D eigenvalue weighted by Crippen LogP contribution is 2.20. The first-order valence-electron chi connectivity index (χ1n) is 5.21. The van der Waals surface area contributed by atoms with Crippen LogP contribution >= 0.6 is 0 Å². The maximum atomic E-state index is 10.6. The second-order valence-electron chi connectivity index (χ2n) is 3.80. The Morgan fingerprint density at radius 2 is 2.33 bits per heavy atom. The summed E-state index contributed by atoms with van der Waals surface area (Å²) in [6.07, 6.45) is 5.66. The third-order valence-corrected chi connectivity index (χ3v) is 2.76. The zero-order chi connectivity index (χ0) is 10.7. The van der Waals surface area contributed by atoms with Gasteiger partial charge in [0.25, 0.3) is 0 Å². The van der Waals surface area contributed by atoms with E-state index >= 15 is 0 Å². The molecule has 5 heteroatoms. The Hall–Kier alpha value is -1.36. The number of carboxylic acids is 1. The molecule has 0 aliphatic carbocycles. The van der Waals surface area contributed by atoms with E-state index < -0.39 is 5.97 Å². The molecule has 1 saturated heterocycles. The first kappa shape index (κ1) is 10.2. The summed E-state index contributed by atoms with van der Waals surface area (Å²) in [6.45, 7) is 1.99. The van der Waals surface area contributed by atoms with Crippen LogP contribution < -0.4 is 5.32 Å². The first-order valence-corrected chi connectivity index (χ1v) is 5.21. The van der Waals surface area contributed by atoms with E-state index in [4.69, 9.17) is 5.11 Å². The minimum atomic E-state index is -0.823. The minimum absolute atomic E-state index is 0.0108. The highest BCUT2D eigenvalue weighted by molar-refractivity contribution is 5.69. The minimum Gasteiger partial charge on any atom is -0.481 e. The van der Waals surface area contributed by atoms with E-state index in [1.54, 1.807) is 6.20 Å². The van der Waals surface area contributed by atoms with E-state index in [-0.39, 0.29) is 6.42 Å². The molecule has 0 atom stereocenters. The molecule has 2 N–H and O–H groups in total. The van der Waals surface area contributed by atoms with Gasteiger partial charge in [0.1, 0.15) is 12.2 Å². The van der Waals surface area contributed by atoms with Gasteiger partial charge in [0, 0.05) is 18.4 Å². The summed E-state index contributed by atoms with van der Waals surface area (Å²) < 4.78 is 2.01. The van der Waals surface area contributed by atoms with Crippen molar-refractivity contribution in [2.24, 2.45) is 0 Å². The lowest BCUT2D eigenvalue weighted by Crippen LogP contribution is -2.30. The second kappa shape index (κ2) is 4.44. The number of nitrogens with zero attached hydrogens (tertiary/aromatic N) is 2. The monoisotopic (exact) mass is 209 g/mol. The maximum absolute atomic E-state index is 10.6. The average Bonchev–Trinajstić information content (AvgIpc) is 2.66. The number of carbonyl (C=O) groups is 1. The van der Waals surface area contributed by atoms with Crippen molar-refractivity contribution < 1.29 is 9.90 Å². The van der Waals surface area contributed by atoms with Gasteiger partial charge < -0.3 is 15.0 Å². The van der Waals surface area contributed by atoms with Crippen molar-refractivity contribution in [3.05, 3.63) is 18.2 Å². The third kappa shape index (κ3) is 2.36. The van der Waals surface area contributed by atoms with Gasteiger partial charge in [-0.15, -0.1) is 0 Å². The number of piperidine rings is 1. The highest BCUT2D eigenvalue weighted by atomic mass is 16.4. The molecule has 1 aromatic heterocycles. The molecule has 15 heavy (non-hydrogen) atoms. The fourth-order valence-electron chi connectivity index (χ4n) is 2.03. The summed E-state index contributed by atoms with van der Waals surface area (Å²) in [5.74, 6) is -0.161. The summed E-state index contributed by atoms with van der Waals surface area (Å²) in [4.78, 5) is 14.7. The molecular weight excluding hydrogens is 194 g/mol. The number of hydrogen-bond acceptors (Lipinski definition) is 3. The summed E-state index contributed by atoms with van der Waals surface area (Å²) in [5, 5.41) is 12.0. The molecule has 0 aromatic carbocycles. The van der Waals surface area contributed by atoms with Crippen LogP contribution in [0.3, 0.4) is 0 Å². The summed E-state index contributed by atoms with van der Waals surface area (Å²) in [6, 6.07) is 0.406. The Bertz CT molecular complexity index is 342. The van der Waals surface area contributed by atoms with Gasteiger partial charge in [-0.2, -0.15) is 0 Å². The zero-order valence-electron chi connectivity index (χ0n) is 8.52. The average molecular weight is 209 g/mol. The Labute approximate surface area is 88.1 Å². The summed E-state index contributed by atoms with van der Waals surface area (Å²) in [7, 11) is 0. The number of imidazole rings is 1. The van der Waals surface area contributed by atoms with Crippen LogP contribution in [-0.4, -0.2) is 33.7 Å². The molecule has 0 radical (unpaired) electrons. The van der Waals surface area contributed by atoms with Gasteiger partial charge in [-0.05, 0) is 25.9 Å². The topological polar surface area (TPSA) is 67.1 Å². The first-order chi connectivity index (χ1) is 7.27. The van der Waals surface area contributed by atoms with Crippen LogP contribution in [0, 0.1) is 0 Å². The fraction of sp³-hybridized carbons (Fsp3) is 0.600. The van der Waals surface area contributed by atoms with Gasteiger partial charge in [-0.1, -0.05) is 0 Å². The molecular formula is C10H15N3O2. The van der Waals surface area contributed by atoms with Gasteiger partial charge in [-0.25, -0.2) is 4.98 Å². The van der Waals surface area contributed by atoms with Crippen LogP contribution in [0.25, 0.3) is 0 Å². The van der Waals surface area contributed by atoms with E-state index in [0.717, 1.165) is 25.9 Å². The quantitative estimate of drug-likeness (QED) is 0.757. The van der Waals surface area contributed by atoms with Crippen molar-refractivity contribution in [2.45, 2.75) is 25.3 Å². The molecule has 1 aromatic rings. The molecule has 0 saturated carbocycles. The molecule has 1 aliphatic rings. The van der Waals surface area contributed by atoms with Crippen molar-refractivity contribution in [3.63, 3.8) is 0 Å².